The number of rotatable bonds is 8. The molecule has 28 heavy (non-hydrogen) atoms. The second-order valence-corrected chi connectivity index (χ2v) is 6.92. The Bertz CT molecular complexity index is 842. The van der Waals surface area contributed by atoms with E-state index in [1.54, 1.807) is 60.7 Å². The number of amides is 2. The van der Waals surface area contributed by atoms with Crippen LogP contribution in [0.4, 0.5) is 0 Å². The van der Waals surface area contributed by atoms with E-state index in [-0.39, 0.29) is 10.9 Å². The number of nitrogens with one attached hydrogen (secondary N) is 2. The molecule has 0 heterocycles. The minimum atomic E-state index is -1.20. The van der Waals surface area contributed by atoms with Gasteiger partial charge in [0.2, 0.25) is 11.0 Å². The summed E-state index contributed by atoms with van der Waals surface area (Å²) in [5, 5.41) is 13.6. The lowest BCUT2D eigenvalue weighted by Crippen LogP contribution is -2.52. The zero-order chi connectivity index (χ0) is 20.5. The van der Waals surface area contributed by atoms with Gasteiger partial charge in [-0.3, -0.25) is 19.2 Å². The number of carbonyl (C=O) groups excluding carboxylic acids is 3. The van der Waals surface area contributed by atoms with Crippen LogP contribution in [0.3, 0.4) is 0 Å². The maximum atomic E-state index is 12.5. The van der Waals surface area contributed by atoms with E-state index in [0.29, 0.717) is 11.1 Å². The van der Waals surface area contributed by atoms with Gasteiger partial charge in [-0.05, 0) is 19.1 Å². The van der Waals surface area contributed by atoms with Crippen LogP contribution in [0.5, 0.6) is 0 Å². The number of hydrogen-bond donors (Lipinski definition) is 3. The monoisotopic (exact) mass is 400 g/mol. The Morgan fingerprint density at radius 1 is 0.893 bits per heavy atom. The Kier molecular flexibility index (Phi) is 7.76. The summed E-state index contributed by atoms with van der Waals surface area (Å²) < 4.78 is 0. The van der Waals surface area contributed by atoms with Gasteiger partial charge in [-0.15, -0.1) is 0 Å². The highest BCUT2D eigenvalue weighted by Crippen LogP contribution is 2.14. The molecule has 0 saturated heterocycles. The lowest BCUT2D eigenvalue weighted by Gasteiger charge is -2.19. The summed E-state index contributed by atoms with van der Waals surface area (Å²) in [6.07, 6.45) is 0. The van der Waals surface area contributed by atoms with E-state index in [1.807, 2.05) is 0 Å². The summed E-state index contributed by atoms with van der Waals surface area (Å²) in [7, 11) is 0. The van der Waals surface area contributed by atoms with Gasteiger partial charge >= 0.3 is 5.97 Å². The Morgan fingerprint density at radius 3 is 1.96 bits per heavy atom. The molecule has 3 N–H and O–H groups in total. The van der Waals surface area contributed by atoms with E-state index in [2.05, 4.69) is 10.6 Å². The number of thioether (sulfide) groups is 1. The van der Waals surface area contributed by atoms with Gasteiger partial charge in [0.05, 0.1) is 0 Å². The van der Waals surface area contributed by atoms with E-state index < -0.39 is 29.9 Å². The lowest BCUT2D eigenvalue weighted by molar-refractivity contribution is -0.141. The smallest absolute Gasteiger partial charge is 0.325 e. The van der Waals surface area contributed by atoms with Gasteiger partial charge in [0.1, 0.15) is 12.1 Å². The summed E-state index contributed by atoms with van der Waals surface area (Å²) in [5.41, 5.74) is 0.825. The van der Waals surface area contributed by atoms with Crippen LogP contribution >= 0.6 is 11.8 Å². The number of aliphatic carboxylic acids is 1. The van der Waals surface area contributed by atoms with Gasteiger partial charge in [0.25, 0.3) is 5.91 Å². The number of carbonyl (C=O) groups is 4. The quantitative estimate of drug-likeness (QED) is 0.624. The molecule has 2 aromatic carbocycles. The molecule has 2 atom stereocenters. The van der Waals surface area contributed by atoms with Gasteiger partial charge in [0.15, 0.2) is 0 Å². The van der Waals surface area contributed by atoms with Crippen LogP contribution in [0.15, 0.2) is 60.7 Å². The first kappa shape index (κ1) is 21.2. The van der Waals surface area contributed by atoms with Crippen molar-refractivity contribution in [3.8, 4) is 0 Å². The van der Waals surface area contributed by atoms with Crippen molar-refractivity contribution in [3.05, 3.63) is 71.8 Å². The Balaban J connectivity index is 2.08. The standard InChI is InChI=1S/C20H20N2O5S/c1-13(19(25)26)21-18(24)16(22-17(23)14-8-4-2-5-9-14)12-28-20(27)15-10-6-3-7-11-15/h2-11,13,16H,12H2,1H3,(H,21,24)(H,22,23)(H,25,26)/t13-,16-/m0/s1. The highest BCUT2D eigenvalue weighted by Gasteiger charge is 2.25. The molecule has 0 saturated carbocycles. The third-order valence-corrected chi connectivity index (χ3v) is 4.78. The van der Waals surface area contributed by atoms with E-state index in [1.165, 1.54) is 6.92 Å². The summed E-state index contributed by atoms with van der Waals surface area (Å²) in [5.74, 6) is -2.40. The highest BCUT2D eigenvalue weighted by molar-refractivity contribution is 8.14. The normalized spacial score (nSPS) is 12.5. The Hall–Kier alpha value is -3.13. The van der Waals surface area contributed by atoms with E-state index in [0.717, 1.165) is 11.8 Å². The van der Waals surface area contributed by atoms with Crippen molar-refractivity contribution >= 4 is 34.7 Å². The number of carboxylic acids is 1. The average molecular weight is 400 g/mol. The second-order valence-electron chi connectivity index (χ2n) is 5.93. The van der Waals surface area contributed by atoms with Crippen LogP contribution < -0.4 is 10.6 Å². The molecular weight excluding hydrogens is 380 g/mol. The molecule has 2 rings (SSSR count). The molecule has 2 aromatic rings. The van der Waals surface area contributed by atoms with Crippen molar-refractivity contribution in [3.63, 3.8) is 0 Å². The molecule has 0 unspecified atom stereocenters. The summed E-state index contributed by atoms with van der Waals surface area (Å²) in [6, 6.07) is 14.6. The fourth-order valence-corrected chi connectivity index (χ4v) is 3.06. The predicted octanol–water partition coefficient (Wildman–Crippen LogP) is 1.95. The zero-order valence-electron chi connectivity index (χ0n) is 15.1. The second kappa shape index (κ2) is 10.3. The topological polar surface area (TPSA) is 113 Å². The van der Waals surface area contributed by atoms with Crippen LogP contribution in [-0.2, 0) is 9.59 Å². The van der Waals surface area contributed by atoms with Gasteiger partial charge in [-0.1, -0.05) is 60.3 Å². The van der Waals surface area contributed by atoms with Crippen molar-refractivity contribution in [2.45, 2.75) is 19.0 Å². The van der Waals surface area contributed by atoms with Crippen molar-refractivity contribution in [2.24, 2.45) is 0 Å². The number of carboxylic acid groups (broad SMARTS) is 1. The molecule has 0 radical (unpaired) electrons. The molecule has 8 heteroatoms. The van der Waals surface area contributed by atoms with Gasteiger partial charge < -0.3 is 15.7 Å². The predicted molar refractivity (Wildman–Crippen MR) is 106 cm³/mol. The van der Waals surface area contributed by atoms with Crippen LogP contribution in [-0.4, -0.2) is 45.8 Å². The summed E-state index contributed by atoms with van der Waals surface area (Å²) in [6.45, 7) is 1.32. The molecule has 0 spiro atoms. The fraction of sp³-hybridized carbons (Fsp3) is 0.200. The average Bonchev–Trinajstić information content (AvgIpc) is 2.71. The molecule has 0 aliphatic heterocycles. The minimum Gasteiger partial charge on any atom is -0.480 e. The maximum absolute atomic E-state index is 12.5. The van der Waals surface area contributed by atoms with Crippen molar-refractivity contribution in [1.82, 2.24) is 10.6 Å². The molecule has 0 aromatic heterocycles. The van der Waals surface area contributed by atoms with Crippen LogP contribution in [0, 0.1) is 0 Å². The van der Waals surface area contributed by atoms with Gasteiger partial charge in [-0.2, -0.15) is 0 Å². The van der Waals surface area contributed by atoms with Crippen molar-refractivity contribution in [2.75, 3.05) is 5.75 Å². The molecule has 2 amide bonds. The van der Waals surface area contributed by atoms with Crippen LogP contribution in [0.1, 0.15) is 27.6 Å². The summed E-state index contributed by atoms with van der Waals surface area (Å²) >= 11 is 0.877. The fourth-order valence-electron chi connectivity index (χ4n) is 2.21. The van der Waals surface area contributed by atoms with E-state index >= 15 is 0 Å². The molecule has 0 aliphatic carbocycles. The van der Waals surface area contributed by atoms with E-state index in [9.17, 15) is 19.2 Å². The van der Waals surface area contributed by atoms with Gasteiger partial charge in [-0.25, -0.2) is 0 Å². The number of benzene rings is 2. The molecular formula is C20H20N2O5S. The molecule has 7 nitrogen and oxygen atoms in total. The highest BCUT2D eigenvalue weighted by atomic mass is 32.2. The Morgan fingerprint density at radius 2 is 1.43 bits per heavy atom. The molecule has 146 valence electrons. The molecule has 0 fully saturated rings. The summed E-state index contributed by atoms with van der Waals surface area (Å²) in [4.78, 5) is 48.1. The first-order chi connectivity index (χ1) is 13.4. The third kappa shape index (κ3) is 6.24. The molecule has 0 bridgehead atoms. The van der Waals surface area contributed by atoms with Crippen LogP contribution in [0.25, 0.3) is 0 Å². The zero-order valence-corrected chi connectivity index (χ0v) is 15.9. The van der Waals surface area contributed by atoms with Crippen LogP contribution in [0.2, 0.25) is 0 Å². The largest absolute Gasteiger partial charge is 0.480 e. The Labute approximate surface area is 166 Å². The molecule has 0 aliphatic rings. The third-order valence-electron chi connectivity index (χ3n) is 3.78. The van der Waals surface area contributed by atoms with Gasteiger partial charge in [0, 0.05) is 16.9 Å². The maximum Gasteiger partial charge on any atom is 0.325 e. The van der Waals surface area contributed by atoms with E-state index in [4.69, 9.17) is 5.11 Å². The number of hydrogen-bond acceptors (Lipinski definition) is 5. The first-order valence-electron chi connectivity index (χ1n) is 8.49. The SMILES string of the molecule is C[C@H](NC(=O)[C@H](CSC(=O)c1ccccc1)NC(=O)c1ccccc1)C(=O)O. The first-order valence-corrected chi connectivity index (χ1v) is 9.48. The minimum absolute atomic E-state index is 0.0372. The van der Waals surface area contributed by atoms with Crippen molar-refractivity contribution < 1.29 is 24.3 Å². The lowest BCUT2D eigenvalue weighted by atomic mass is 10.2. The van der Waals surface area contributed by atoms with Crippen molar-refractivity contribution in [1.29, 1.82) is 0 Å².